The zero-order valence-electron chi connectivity index (χ0n) is 12.0. The number of para-hydroxylation sites is 1. The molecule has 0 fully saturated rings. The zero-order chi connectivity index (χ0) is 15.1. The van der Waals surface area contributed by atoms with E-state index in [4.69, 9.17) is 9.84 Å². The van der Waals surface area contributed by atoms with Crippen LogP contribution in [0.15, 0.2) is 48.7 Å². The third-order valence-corrected chi connectivity index (χ3v) is 3.18. The largest absolute Gasteiger partial charge is 0.506 e. The van der Waals surface area contributed by atoms with Crippen LogP contribution in [0.1, 0.15) is 25.3 Å². The lowest BCUT2D eigenvalue weighted by molar-refractivity contribution is 0.0660. The highest BCUT2D eigenvalue weighted by molar-refractivity contribution is 5.78. The Morgan fingerprint density at radius 3 is 3.00 bits per heavy atom. The lowest BCUT2D eigenvalue weighted by Crippen LogP contribution is -2.13. The standard InChI is InChI=1S/C17H19NO3/c1-2-6-15(21-17(19)20)9-5-7-13-11-14-8-3-4-10-16(14)18-12-13/h3-5,8-12,15H,2,6-7H2,1H3,(H,19,20)/b9-5-. The van der Waals surface area contributed by atoms with Gasteiger partial charge < -0.3 is 9.84 Å². The van der Waals surface area contributed by atoms with Crippen LogP contribution in [0.3, 0.4) is 0 Å². The van der Waals surface area contributed by atoms with Gasteiger partial charge in [-0.05, 0) is 36.6 Å². The van der Waals surface area contributed by atoms with Crippen molar-refractivity contribution in [3.05, 3.63) is 54.2 Å². The van der Waals surface area contributed by atoms with Gasteiger partial charge >= 0.3 is 6.16 Å². The molecule has 21 heavy (non-hydrogen) atoms. The van der Waals surface area contributed by atoms with E-state index >= 15 is 0 Å². The van der Waals surface area contributed by atoms with Crippen molar-refractivity contribution in [3.63, 3.8) is 0 Å². The lowest BCUT2D eigenvalue weighted by Gasteiger charge is -2.10. The maximum Gasteiger partial charge on any atom is 0.506 e. The van der Waals surface area contributed by atoms with Gasteiger partial charge in [0.15, 0.2) is 0 Å². The third kappa shape index (κ3) is 4.60. The number of fused-ring (bicyclic) bond motifs is 1. The number of carboxylic acid groups (broad SMARTS) is 1. The van der Waals surface area contributed by atoms with E-state index in [9.17, 15) is 4.79 Å². The normalized spacial score (nSPS) is 12.6. The molecular formula is C17H19NO3. The first-order valence-electron chi connectivity index (χ1n) is 7.09. The quantitative estimate of drug-likeness (QED) is 0.638. The second-order valence-electron chi connectivity index (χ2n) is 4.88. The Morgan fingerprint density at radius 1 is 1.43 bits per heavy atom. The van der Waals surface area contributed by atoms with Crippen molar-refractivity contribution in [3.8, 4) is 0 Å². The Morgan fingerprint density at radius 2 is 2.24 bits per heavy atom. The summed E-state index contributed by atoms with van der Waals surface area (Å²) in [4.78, 5) is 15.0. The number of ether oxygens (including phenoxy) is 1. The van der Waals surface area contributed by atoms with Crippen LogP contribution in [0, 0.1) is 0 Å². The molecule has 1 heterocycles. The maximum atomic E-state index is 10.6. The number of hydrogen-bond acceptors (Lipinski definition) is 3. The van der Waals surface area contributed by atoms with E-state index in [2.05, 4.69) is 11.1 Å². The molecule has 0 amide bonds. The molecule has 1 N–H and O–H groups in total. The van der Waals surface area contributed by atoms with Gasteiger partial charge in [-0.3, -0.25) is 4.98 Å². The fraction of sp³-hybridized carbons (Fsp3) is 0.294. The van der Waals surface area contributed by atoms with E-state index in [0.29, 0.717) is 12.8 Å². The van der Waals surface area contributed by atoms with Gasteiger partial charge in [-0.25, -0.2) is 4.79 Å². The summed E-state index contributed by atoms with van der Waals surface area (Å²) in [5.74, 6) is 0. The predicted molar refractivity (Wildman–Crippen MR) is 82.4 cm³/mol. The van der Waals surface area contributed by atoms with Gasteiger partial charge in [0.2, 0.25) is 0 Å². The van der Waals surface area contributed by atoms with Gasteiger partial charge in [0.05, 0.1) is 5.52 Å². The van der Waals surface area contributed by atoms with Crippen LogP contribution in [-0.2, 0) is 11.2 Å². The van der Waals surface area contributed by atoms with E-state index in [1.165, 1.54) is 0 Å². The van der Waals surface area contributed by atoms with Crippen molar-refractivity contribution in [1.29, 1.82) is 0 Å². The number of hydrogen-bond donors (Lipinski definition) is 1. The number of carbonyl (C=O) groups is 1. The van der Waals surface area contributed by atoms with Gasteiger partial charge in [0.25, 0.3) is 0 Å². The average Bonchev–Trinajstić information content (AvgIpc) is 2.47. The number of nitrogens with zero attached hydrogens (tertiary/aromatic N) is 1. The molecule has 0 aliphatic carbocycles. The molecule has 0 bridgehead atoms. The summed E-state index contributed by atoms with van der Waals surface area (Å²) in [6.07, 6.45) is 6.27. The predicted octanol–water partition coefficient (Wildman–Crippen LogP) is 4.20. The average molecular weight is 285 g/mol. The molecule has 0 saturated heterocycles. The molecule has 1 aromatic carbocycles. The van der Waals surface area contributed by atoms with Crippen LogP contribution in [-0.4, -0.2) is 22.3 Å². The minimum atomic E-state index is -1.23. The highest BCUT2D eigenvalue weighted by Gasteiger charge is 2.08. The first-order chi connectivity index (χ1) is 10.2. The van der Waals surface area contributed by atoms with Crippen molar-refractivity contribution in [2.24, 2.45) is 0 Å². The van der Waals surface area contributed by atoms with Gasteiger partial charge in [-0.1, -0.05) is 37.6 Å². The summed E-state index contributed by atoms with van der Waals surface area (Å²) in [7, 11) is 0. The molecule has 0 aliphatic heterocycles. The van der Waals surface area contributed by atoms with Crippen molar-refractivity contribution in [2.45, 2.75) is 32.3 Å². The summed E-state index contributed by atoms with van der Waals surface area (Å²) in [5.41, 5.74) is 2.07. The number of rotatable bonds is 6. The molecule has 0 spiro atoms. The van der Waals surface area contributed by atoms with Crippen LogP contribution >= 0.6 is 0 Å². The van der Waals surface area contributed by atoms with Crippen LogP contribution in [0.25, 0.3) is 10.9 Å². The fourth-order valence-corrected chi connectivity index (χ4v) is 2.19. The van der Waals surface area contributed by atoms with E-state index in [-0.39, 0.29) is 6.10 Å². The highest BCUT2D eigenvalue weighted by atomic mass is 16.7. The van der Waals surface area contributed by atoms with Gasteiger partial charge in [-0.15, -0.1) is 0 Å². The molecule has 0 aliphatic rings. The Bertz CT molecular complexity index is 637. The number of aromatic nitrogens is 1. The summed E-state index contributed by atoms with van der Waals surface area (Å²) < 4.78 is 4.81. The molecule has 0 saturated carbocycles. The Kier molecular flexibility index (Phi) is 5.32. The summed E-state index contributed by atoms with van der Waals surface area (Å²) in [6, 6.07) is 10.1. The lowest BCUT2D eigenvalue weighted by atomic mass is 10.1. The van der Waals surface area contributed by atoms with Crippen LogP contribution in [0.2, 0.25) is 0 Å². The molecule has 2 aromatic rings. The third-order valence-electron chi connectivity index (χ3n) is 3.18. The molecule has 1 aromatic heterocycles. The minimum Gasteiger partial charge on any atom is -0.450 e. The Balaban J connectivity index is 2.02. The monoisotopic (exact) mass is 285 g/mol. The molecular weight excluding hydrogens is 266 g/mol. The zero-order valence-corrected chi connectivity index (χ0v) is 12.0. The molecule has 4 nitrogen and oxygen atoms in total. The van der Waals surface area contributed by atoms with Crippen molar-refractivity contribution >= 4 is 17.1 Å². The summed E-state index contributed by atoms with van der Waals surface area (Å²) in [6.45, 7) is 2.00. The highest BCUT2D eigenvalue weighted by Crippen LogP contribution is 2.13. The van der Waals surface area contributed by atoms with Gasteiger partial charge in [-0.2, -0.15) is 0 Å². The molecule has 2 rings (SSSR count). The second kappa shape index (κ2) is 7.43. The molecule has 1 unspecified atom stereocenters. The maximum absolute atomic E-state index is 10.6. The number of pyridine rings is 1. The summed E-state index contributed by atoms with van der Waals surface area (Å²) in [5, 5.41) is 9.79. The SMILES string of the molecule is CCCC(/C=C\Cc1cnc2ccccc2c1)OC(=O)O. The van der Waals surface area contributed by atoms with E-state index in [1.54, 1.807) is 0 Å². The van der Waals surface area contributed by atoms with Crippen molar-refractivity contribution in [1.82, 2.24) is 4.98 Å². The first-order valence-corrected chi connectivity index (χ1v) is 7.09. The number of benzene rings is 1. The van der Waals surface area contributed by atoms with Crippen molar-refractivity contribution in [2.75, 3.05) is 0 Å². The Hall–Kier alpha value is -2.36. The van der Waals surface area contributed by atoms with Gasteiger partial charge in [0, 0.05) is 11.6 Å². The number of allylic oxidation sites excluding steroid dienone is 1. The fourth-order valence-electron chi connectivity index (χ4n) is 2.19. The second-order valence-corrected chi connectivity index (χ2v) is 4.88. The van der Waals surface area contributed by atoms with Crippen LogP contribution in [0.4, 0.5) is 4.79 Å². The molecule has 0 radical (unpaired) electrons. The van der Waals surface area contributed by atoms with E-state index < -0.39 is 6.16 Å². The van der Waals surface area contributed by atoms with Crippen LogP contribution < -0.4 is 0 Å². The Labute approximate surface area is 124 Å². The van der Waals surface area contributed by atoms with E-state index in [0.717, 1.165) is 22.9 Å². The van der Waals surface area contributed by atoms with Crippen molar-refractivity contribution < 1.29 is 14.6 Å². The topological polar surface area (TPSA) is 59.4 Å². The van der Waals surface area contributed by atoms with Gasteiger partial charge in [0.1, 0.15) is 6.10 Å². The first kappa shape index (κ1) is 15.0. The smallest absolute Gasteiger partial charge is 0.450 e. The summed E-state index contributed by atoms with van der Waals surface area (Å²) >= 11 is 0. The van der Waals surface area contributed by atoms with E-state index in [1.807, 2.05) is 49.5 Å². The minimum absolute atomic E-state index is 0.374. The molecule has 1 atom stereocenters. The molecule has 110 valence electrons. The van der Waals surface area contributed by atoms with Crippen LogP contribution in [0.5, 0.6) is 0 Å². The molecule has 4 heteroatoms.